The van der Waals surface area contributed by atoms with Crippen molar-refractivity contribution in [3.05, 3.63) is 23.3 Å². The van der Waals surface area contributed by atoms with Gasteiger partial charge in [0.2, 0.25) is 6.29 Å². The molecule has 0 saturated heterocycles. The molecule has 1 N–H and O–H groups in total. The number of methoxy groups -OCH3 is 2. The number of benzene rings is 1. The van der Waals surface area contributed by atoms with E-state index in [0.717, 1.165) is 11.1 Å². The van der Waals surface area contributed by atoms with Crippen molar-refractivity contribution < 1.29 is 19.1 Å². The molecule has 0 aliphatic carbocycles. The fourth-order valence-electron chi connectivity index (χ4n) is 1.60. The summed E-state index contributed by atoms with van der Waals surface area (Å²) in [5, 5.41) is 2.46. The van der Waals surface area contributed by atoms with Gasteiger partial charge in [-0.05, 0) is 19.1 Å². The highest BCUT2D eigenvalue weighted by Crippen LogP contribution is 2.30. The molecule has 1 amide bonds. The van der Waals surface area contributed by atoms with Gasteiger partial charge in [-0.25, -0.2) is 0 Å². The SMILES string of the molecule is COc1ccc(CNC(=O)C=O)c(OC)c1C. The summed E-state index contributed by atoms with van der Waals surface area (Å²) in [6, 6.07) is 3.58. The number of hydrogen-bond donors (Lipinski definition) is 1. The maximum atomic E-state index is 10.8. The van der Waals surface area contributed by atoms with Crippen LogP contribution in [0.1, 0.15) is 11.1 Å². The number of aldehydes is 1. The van der Waals surface area contributed by atoms with E-state index in [-0.39, 0.29) is 12.8 Å². The minimum Gasteiger partial charge on any atom is -0.496 e. The summed E-state index contributed by atoms with van der Waals surface area (Å²) in [6.07, 6.45) is 0.239. The molecule has 0 aromatic heterocycles. The van der Waals surface area contributed by atoms with Crippen molar-refractivity contribution in [1.29, 1.82) is 0 Å². The van der Waals surface area contributed by atoms with Gasteiger partial charge in [0.15, 0.2) is 0 Å². The number of ether oxygens (including phenoxy) is 2. The van der Waals surface area contributed by atoms with Crippen LogP contribution in [-0.4, -0.2) is 26.4 Å². The average molecular weight is 237 g/mol. The van der Waals surface area contributed by atoms with Gasteiger partial charge in [0.1, 0.15) is 11.5 Å². The lowest BCUT2D eigenvalue weighted by molar-refractivity contribution is -0.131. The molecule has 1 rings (SSSR count). The average Bonchev–Trinajstić information content (AvgIpc) is 2.35. The molecule has 0 aliphatic heterocycles. The van der Waals surface area contributed by atoms with Gasteiger partial charge in [0.25, 0.3) is 5.91 Å². The maximum Gasteiger partial charge on any atom is 0.284 e. The van der Waals surface area contributed by atoms with Gasteiger partial charge in [0.05, 0.1) is 14.2 Å². The van der Waals surface area contributed by atoms with Crippen molar-refractivity contribution in [1.82, 2.24) is 5.32 Å². The van der Waals surface area contributed by atoms with E-state index in [0.29, 0.717) is 11.5 Å². The molecule has 1 aromatic rings. The summed E-state index contributed by atoms with van der Waals surface area (Å²) in [7, 11) is 3.13. The highest BCUT2D eigenvalue weighted by atomic mass is 16.5. The molecule has 5 heteroatoms. The third kappa shape index (κ3) is 2.96. The fourth-order valence-corrected chi connectivity index (χ4v) is 1.60. The first kappa shape index (κ1) is 13.0. The summed E-state index contributed by atoms with van der Waals surface area (Å²) in [6.45, 7) is 2.11. The number of amides is 1. The molecule has 5 nitrogen and oxygen atoms in total. The number of hydrogen-bond acceptors (Lipinski definition) is 4. The van der Waals surface area contributed by atoms with Gasteiger partial charge in [0, 0.05) is 17.7 Å². The summed E-state index contributed by atoms with van der Waals surface area (Å²) >= 11 is 0. The van der Waals surface area contributed by atoms with E-state index in [1.807, 2.05) is 6.92 Å². The van der Waals surface area contributed by atoms with Crippen LogP contribution in [0.3, 0.4) is 0 Å². The zero-order valence-electron chi connectivity index (χ0n) is 10.1. The first-order valence-corrected chi connectivity index (χ1v) is 5.07. The van der Waals surface area contributed by atoms with E-state index in [1.165, 1.54) is 0 Å². The van der Waals surface area contributed by atoms with Crippen molar-refractivity contribution in [2.75, 3.05) is 14.2 Å². The normalized spacial score (nSPS) is 9.59. The van der Waals surface area contributed by atoms with Crippen molar-refractivity contribution in [2.45, 2.75) is 13.5 Å². The minimum atomic E-state index is -0.652. The van der Waals surface area contributed by atoms with E-state index in [1.54, 1.807) is 26.4 Å². The lowest BCUT2D eigenvalue weighted by Crippen LogP contribution is -2.23. The van der Waals surface area contributed by atoms with E-state index in [9.17, 15) is 9.59 Å². The third-order valence-corrected chi connectivity index (χ3v) is 2.42. The molecule has 0 bridgehead atoms. The lowest BCUT2D eigenvalue weighted by Gasteiger charge is -2.14. The molecule has 92 valence electrons. The van der Waals surface area contributed by atoms with Crippen LogP contribution in [0.2, 0.25) is 0 Å². The van der Waals surface area contributed by atoms with Gasteiger partial charge in [-0.1, -0.05) is 0 Å². The van der Waals surface area contributed by atoms with Crippen LogP contribution >= 0.6 is 0 Å². The van der Waals surface area contributed by atoms with Crippen LogP contribution < -0.4 is 14.8 Å². The molecule has 0 atom stereocenters. The number of rotatable bonds is 5. The van der Waals surface area contributed by atoms with Gasteiger partial charge in [-0.2, -0.15) is 0 Å². The van der Waals surface area contributed by atoms with Crippen LogP contribution in [0, 0.1) is 6.92 Å². The third-order valence-electron chi connectivity index (χ3n) is 2.42. The number of carbonyl (C=O) groups is 2. The second kappa shape index (κ2) is 5.89. The van der Waals surface area contributed by atoms with Gasteiger partial charge in [-0.15, -0.1) is 0 Å². The fraction of sp³-hybridized carbons (Fsp3) is 0.333. The first-order chi connectivity index (χ1) is 8.13. The first-order valence-electron chi connectivity index (χ1n) is 5.07. The molecule has 0 fully saturated rings. The standard InChI is InChI=1S/C12H15NO4/c1-8-10(16-2)5-4-9(12(8)17-3)6-13-11(15)7-14/h4-5,7H,6H2,1-3H3,(H,13,15). The molecule has 0 spiro atoms. The van der Waals surface area contributed by atoms with Gasteiger partial charge in [-0.3, -0.25) is 9.59 Å². The Labute approximate surface area is 99.7 Å². The van der Waals surface area contributed by atoms with Crippen LogP contribution in [0.4, 0.5) is 0 Å². The molecule has 0 aliphatic rings. The van der Waals surface area contributed by atoms with Crippen LogP contribution in [0.5, 0.6) is 11.5 Å². The second-order valence-corrected chi connectivity index (χ2v) is 3.42. The molecule has 17 heavy (non-hydrogen) atoms. The second-order valence-electron chi connectivity index (χ2n) is 3.42. The number of carbonyl (C=O) groups excluding carboxylic acids is 2. The van der Waals surface area contributed by atoms with Crippen LogP contribution in [0.15, 0.2) is 12.1 Å². The van der Waals surface area contributed by atoms with Crippen LogP contribution in [-0.2, 0) is 16.1 Å². The Kier molecular flexibility index (Phi) is 4.51. The topological polar surface area (TPSA) is 64.6 Å². The van der Waals surface area contributed by atoms with E-state index in [2.05, 4.69) is 5.32 Å². The molecular weight excluding hydrogens is 222 g/mol. The predicted molar refractivity (Wildman–Crippen MR) is 62.2 cm³/mol. The highest BCUT2D eigenvalue weighted by molar-refractivity contribution is 6.23. The zero-order chi connectivity index (χ0) is 12.8. The lowest BCUT2D eigenvalue weighted by atomic mass is 10.1. The maximum absolute atomic E-state index is 10.8. The van der Waals surface area contributed by atoms with Gasteiger partial charge >= 0.3 is 0 Å². The van der Waals surface area contributed by atoms with Crippen molar-refractivity contribution in [3.8, 4) is 11.5 Å². The molecule has 0 saturated carbocycles. The monoisotopic (exact) mass is 237 g/mol. The number of nitrogens with one attached hydrogen (secondary N) is 1. The Balaban J connectivity index is 2.96. The largest absolute Gasteiger partial charge is 0.496 e. The Morgan fingerprint density at radius 1 is 1.35 bits per heavy atom. The summed E-state index contributed by atoms with van der Waals surface area (Å²) in [4.78, 5) is 21.0. The Morgan fingerprint density at radius 2 is 2.06 bits per heavy atom. The molecule has 0 radical (unpaired) electrons. The quantitative estimate of drug-likeness (QED) is 0.608. The molecule has 1 aromatic carbocycles. The van der Waals surface area contributed by atoms with Gasteiger partial charge < -0.3 is 14.8 Å². The van der Waals surface area contributed by atoms with Crippen molar-refractivity contribution in [2.24, 2.45) is 0 Å². The Bertz CT molecular complexity index is 429. The van der Waals surface area contributed by atoms with E-state index >= 15 is 0 Å². The zero-order valence-corrected chi connectivity index (χ0v) is 10.1. The molecular formula is C12H15NO4. The molecule has 0 unspecified atom stereocenters. The Hall–Kier alpha value is -2.04. The summed E-state index contributed by atoms with van der Waals surface area (Å²) in [5.74, 6) is 0.711. The smallest absolute Gasteiger partial charge is 0.284 e. The van der Waals surface area contributed by atoms with E-state index in [4.69, 9.17) is 9.47 Å². The van der Waals surface area contributed by atoms with Crippen molar-refractivity contribution in [3.63, 3.8) is 0 Å². The molecule has 0 heterocycles. The van der Waals surface area contributed by atoms with Crippen LogP contribution in [0.25, 0.3) is 0 Å². The summed E-state index contributed by atoms with van der Waals surface area (Å²) in [5.41, 5.74) is 1.65. The van der Waals surface area contributed by atoms with Crippen molar-refractivity contribution >= 4 is 12.2 Å². The predicted octanol–water partition coefficient (Wildman–Crippen LogP) is 0.827. The van der Waals surface area contributed by atoms with E-state index < -0.39 is 5.91 Å². The highest BCUT2D eigenvalue weighted by Gasteiger charge is 2.11. The Morgan fingerprint density at radius 3 is 2.59 bits per heavy atom. The summed E-state index contributed by atoms with van der Waals surface area (Å²) < 4.78 is 10.4. The minimum absolute atomic E-state index is 0.239.